The van der Waals surface area contributed by atoms with E-state index in [-0.39, 0.29) is 0 Å². The average molecular weight is 356 g/mol. The van der Waals surface area contributed by atoms with Crippen LogP contribution in [0, 0.1) is 19.8 Å². The number of nitrogens with one attached hydrogen (secondary N) is 1. The van der Waals surface area contributed by atoms with E-state index < -0.39 is 24.5 Å². The lowest BCUT2D eigenvalue weighted by molar-refractivity contribution is -0.140. The van der Waals surface area contributed by atoms with Gasteiger partial charge in [0, 0.05) is 24.3 Å². The number of aryl methyl sites for hydroxylation is 1. The monoisotopic (exact) mass is 356 g/mol. The Morgan fingerprint density at radius 3 is 2.88 bits per heavy atom. The molecule has 0 radical (unpaired) electrons. The Morgan fingerprint density at radius 2 is 2.16 bits per heavy atom. The highest BCUT2D eigenvalue weighted by Gasteiger charge is 2.32. The summed E-state index contributed by atoms with van der Waals surface area (Å²) in [5.74, 6) is 0.179. The van der Waals surface area contributed by atoms with E-state index in [1.165, 1.54) is 6.33 Å². The Morgan fingerprint density at radius 1 is 1.40 bits per heavy atom. The van der Waals surface area contributed by atoms with Gasteiger partial charge in [0.1, 0.15) is 18.7 Å². The third-order valence-electron chi connectivity index (χ3n) is 4.43. The van der Waals surface area contributed by atoms with E-state index in [1.54, 1.807) is 4.52 Å². The van der Waals surface area contributed by atoms with E-state index in [0.29, 0.717) is 31.7 Å². The van der Waals surface area contributed by atoms with Gasteiger partial charge in [-0.3, -0.25) is 4.79 Å². The fourth-order valence-electron chi connectivity index (χ4n) is 3.10. The largest absolute Gasteiger partial charge is 0.405 e. The molecule has 1 amide bonds. The first-order valence-electron chi connectivity index (χ1n) is 8.02. The SMILES string of the molecule is Cc1nc2ncnn2c(N2CCCC(C(=O)NCC(F)(F)F)C2)c1C. The lowest BCUT2D eigenvalue weighted by atomic mass is 9.96. The topological polar surface area (TPSA) is 75.4 Å². The Kier molecular flexibility index (Phi) is 4.53. The standard InChI is InChI=1S/C15H19F3N6O/c1-9-10(2)22-14-20-8-21-24(14)13(9)23-5-3-4-11(6-23)12(25)19-7-15(16,17)18/h8,11H,3-7H2,1-2H3,(H,19,25). The molecule has 1 atom stereocenters. The summed E-state index contributed by atoms with van der Waals surface area (Å²) < 4.78 is 38.5. The Balaban J connectivity index is 1.81. The van der Waals surface area contributed by atoms with Crippen molar-refractivity contribution in [2.75, 3.05) is 24.5 Å². The number of alkyl halides is 3. The molecular formula is C15H19F3N6O. The summed E-state index contributed by atoms with van der Waals surface area (Å²) in [6, 6.07) is 0. The van der Waals surface area contributed by atoms with Gasteiger partial charge in [0.2, 0.25) is 5.91 Å². The van der Waals surface area contributed by atoms with Gasteiger partial charge in [0.15, 0.2) is 0 Å². The van der Waals surface area contributed by atoms with E-state index >= 15 is 0 Å². The van der Waals surface area contributed by atoms with Crippen molar-refractivity contribution < 1.29 is 18.0 Å². The minimum Gasteiger partial charge on any atom is -0.355 e. The average Bonchev–Trinajstić information content (AvgIpc) is 3.00. The highest BCUT2D eigenvalue weighted by molar-refractivity contribution is 5.79. The van der Waals surface area contributed by atoms with Crippen LogP contribution in [0.5, 0.6) is 0 Å². The Labute approximate surface area is 142 Å². The third-order valence-corrected chi connectivity index (χ3v) is 4.43. The summed E-state index contributed by atoms with van der Waals surface area (Å²) in [6.07, 6.45) is -1.73. The second-order valence-corrected chi connectivity index (χ2v) is 6.24. The van der Waals surface area contributed by atoms with Crippen LogP contribution in [0.2, 0.25) is 0 Å². The summed E-state index contributed by atoms with van der Waals surface area (Å²) in [6.45, 7) is 3.51. The number of nitrogens with zero attached hydrogens (tertiary/aromatic N) is 5. The molecule has 2 aromatic heterocycles. The van der Waals surface area contributed by atoms with Crippen molar-refractivity contribution >= 4 is 17.5 Å². The minimum atomic E-state index is -4.41. The fourth-order valence-corrected chi connectivity index (χ4v) is 3.10. The number of carbonyl (C=O) groups excluding carboxylic acids is 1. The summed E-state index contributed by atoms with van der Waals surface area (Å²) in [7, 11) is 0. The summed E-state index contributed by atoms with van der Waals surface area (Å²) >= 11 is 0. The van der Waals surface area contributed by atoms with Crippen LogP contribution in [-0.4, -0.2) is 51.3 Å². The molecule has 1 N–H and O–H groups in total. The van der Waals surface area contributed by atoms with Crippen molar-refractivity contribution in [1.82, 2.24) is 24.9 Å². The molecule has 0 aliphatic carbocycles. The van der Waals surface area contributed by atoms with Crippen LogP contribution in [0.1, 0.15) is 24.1 Å². The maximum Gasteiger partial charge on any atom is 0.405 e. The van der Waals surface area contributed by atoms with Crippen LogP contribution < -0.4 is 10.2 Å². The van der Waals surface area contributed by atoms with Crippen LogP contribution in [0.4, 0.5) is 19.0 Å². The lowest BCUT2D eigenvalue weighted by Gasteiger charge is -2.34. The number of halogens is 3. The molecule has 2 aromatic rings. The van der Waals surface area contributed by atoms with Gasteiger partial charge in [-0.2, -0.15) is 27.8 Å². The molecule has 7 nitrogen and oxygen atoms in total. The smallest absolute Gasteiger partial charge is 0.355 e. The number of carbonyl (C=O) groups is 1. The van der Waals surface area contributed by atoms with Crippen molar-refractivity contribution in [2.45, 2.75) is 32.9 Å². The molecule has 0 saturated carbocycles. The second-order valence-electron chi connectivity index (χ2n) is 6.24. The van der Waals surface area contributed by atoms with Gasteiger partial charge in [0.05, 0.1) is 5.92 Å². The number of fused-ring (bicyclic) bond motifs is 1. The summed E-state index contributed by atoms with van der Waals surface area (Å²) in [4.78, 5) is 22.5. The first-order chi connectivity index (χ1) is 11.8. The number of anilines is 1. The molecular weight excluding hydrogens is 337 g/mol. The molecule has 136 valence electrons. The van der Waals surface area contributed by atoms with Gasteiger partial charge < -0.3 is 10.2 Å². The quantitative estimate of drug-likeness (QED) is 0.905. The van der Waals surface area contributed by atoms with Crippen LogP contribution in [-0.2, 0) is 4.79 Å². The first kappa shape index (κ1) is 17.4. The maximum atomic E-state index is 12.3. The molecule has 1 aliphatic rings. The molecule has 1 fully saturated rings. The number of aromatic nitrogens is 4. The zero-order valence-corrected chi connectivity index (χ0v) is 14.0. The third kappa shape index (κ3) is 3.67. The van der Waals surface area contributed by atoms with E-state index in [2.05, 4.69) is 15.1 Å². The molecule has 0 aromatic carbocycles. The Bertz CT molecular complexity index is 787. The molecule has 1 unspecified atom stereocenters. The highest BCUT2D eigenvalue weighted by Crippen LogP contribution is 2.27. The van der Waals surface area contributed by atoms with E-state index in [1.807, 2.05) is 24.1 Å². The van der Waals surface area contributed by atoms with Crippen molar-refractivity contribution in [3.63, 3.8) is 0 Å². The highest BCUT2D eigenvalue weighted by atomic mass is 19.4. The lowest BCUT2D eigenvalue weighted by Crippen LogP contribution is -2.46. The van der Waals surface area contributed by atoms with E-state index in [9.17, 15) is 18.0 Å². The fraction of sp³-hybridized carbons (Fsp3) is 0.600. The van der Waals surface area contributed by atoms with Crippen molar-refractivity contribution in [1.29, 1.82) is 0 Å². The molecule has 0 bridgehead atoms. The van der Waals surface area contributed by atoms with Gasteiger partial charge in [-0.1, -0.05) is 0 Å². The normalized spacial score (nSPS) is 18.6. The Hall–Kier alpha value is -2.39. The second kappa shape index (κ2) is 6.49. The number of amides is 1. The first-order valence-corrected chi connectivity index (χ1v) is 8.02. The van der Waals surface area contributed by atoms with Crippen LogP contribution in [0.3, 0.4) is 0 Å². The number of rotatable bonds is 3. The van der Waals surface area contributed by atoms with Crippen LogP contribution >= 0.6 is 0 Å². The van der Waals surface area contributed by atoms with Gasteiger partial charge in [0.25, 0.3) is 5.78 Å². The number of hydrogen-bond donors (Lipinski definition) is 1. The van der Waals surface area contributed by atoms with Gasteiger partial charge in [-0.05, 0) is 26.7 Å². The zero-order valence-electron chi connectivity index (χ0n) is 14.0. The molecule has 10 heteroatoms. The molecule has 0 spiro atoms. The van der Waals surface area contributed by atoms with Crippen LogP contribution in [0.25, 0.3) is 5.78 Å². The molecule has 25 heavy (non-hydrogen) atoms. The number of hydrogen-bond acceptors (Lipinski definition) is 5. The molecule has 3 rings (SSSR count). The van der Waals surface area contributed by atoms with E-state index in [4.69, 9.17) is 0 Å². The van der Waals surface area contributed by atoms with Crippen molar-refractivity contribution in [3.05, 3.63) is 17.6 Å². The molecule has 1 saturated heterocycles. The summed E-state index contributed by atoms with van der Waals surface area (Å²) in [5.41, 5.74) is 1.72. The van der Waals surface area contributed by atoms with Gasteiger partial charge >= 0.3 is 6.18 Å². The van der Waals surface area contributed by atoms with Gasteiger partial charge in [-0.25, -0.2) is 4.98 Å². The minimum absolute atomic E-state index is 0.336. The summed E-state index contributed by atoms with van der Waals surface area (Å²) in [5, 5.41) is 6.17. The van der Waals surface area contributed by atoms with Crippen molar-refractivity contribution in [2.24, 2.45) is 5.92 Å². The van der Waals surface area contributed by atoms with Crippen LogP contribution in [0.15, 0.2) is 6.33 Å². The van der Waals surface area contributed by atoms with Gasteiger partial charge in [-0.15, -0.1) is 0 Å². The maximum absolute atomic E-state index is 12.3. The molecule has 3 heterocycles. The predicted molar refractivity (Wildman–Crippen MR) is 84.3 cm³/mol. The number of piperidine rings is 1. The molecule has 1 aliphatic heterocycles. The predicted octanol–water partition coefficient (Wildman–Crippen LogP) is 1.64. The van der Waals surface area contributed by atoms with E-state index in [0.717, 1.165) is 17.1 Å². The van der Waals surface area contributed by atoms with Crippen molar-refractivity contribution in [3.8, 4) is 0 Å². The zero-order chi connectivity index (χ0) is 18.2.